The van der Waals surface area contributed by atoms with E-state index < -0.39 is 5.54 Å². The average molecular weight is 335 g/mol. The first-order chi connectivity index (χ1) is 9.41. The number of anilines is 1. The molecule has 0 fully saturated rings. The molecule has 0 amide bonds. The van der Waals surface area contributed by atoms with Gasteiger partial charge in [-0.25, -0.2) is 14.4 Å². The summed E-state index contributed by atoms with van der Waals surface area (Å²) in [5.41, 5.74) is 0.234. The van der Waals surface area contributed by atoms with Crippen LogP contribution in [0, 0.1) is 17.1 Å². The number of benzene rings is 1. The molecule has 4 nitrogen and oxygen atoms in total. The van der Waals surface area contributed by atoms with E-state index in [9.17, 15) is 4.39 Å². The maximum atomic E-state index is 13.7. The van der Waals surface area contributed by atoms with Crippen molar-refractivity contribution < 1.29 is 4.39 Å². The van der Waals surface area contributed by atoms with Gasteiger partial charge in [0.25, 0.3) is 0 Å². The van der Waals surface area contributed by atoms with Crippen molar-refractivity contribution >= 4 is 21.9 Å². The zero-order valence-corrected chi connectivity index (χ0v) is 12.6. The molecule has 6 heteroatoms. The van der Waals surface area contributed by atoms with Crippen LogP contribution in [0.4, 0.5) is 10.3 Å². The molecule has 0 aliphatic rings. The smallest absolute Gasteiger partial charge is 0.223 e. The highest BCUT2D eigenvalue weighted by molar-refractivity contribution is 9.10. The van der Waals surface area contributed by atoms with E-state index in [-0.39, 0.29) is 5.82 Å². The van der Waals surface area contributed by atoms with Crippen molar-refractivity contribution in [2.75, 3.05) is 5.32 Å². The lowest BCUT2D eigenvalue weighted by atomic mass is 10.1. The molecule has 102 valence electrons. The molecule has 0 radical (unpaired) electrons. The van der Waals surface area contributed by atoms with E-state index in [4.69, 9.17) is 5.26 Å². The lowest BCUT2D eigenvalue weighted by Crippen LogP contribution is -2.29. The summed E-state index contributed by atoms with van der Waals surface area (Å²) >= 11 is 3.30. The molecule has 0 unspecified atom stereocenters. The number of aromatic nitrogens is 2. The van der Waals surface area contributed by atoms with Crippen LogP contribution in [0.15, 0.2) is 35.1 Å². The fraction of sp³-hybridized carbons (Fsp3) is 0.214. The summed E-state index contributed by atoms with van der Waals surface area (Å²) in [6.45, 7) is 3.44. The van der Waals surface area contributed by atoms with Crippen molar-refractivity contribution in [3.8, 4) is 17.2 Å². The predicted octanol–water partition coefficient (Wildman–Crippen LogP) is 3.76. The van der Waals surface area contributed by atoms with Gasteiger partial charge in [-0.1, -0.05) is 15.9 Å². The highest BCUT2D eigenvalue weighted by atomic mass is 79.9. The van der Waals surface area contributed by atoms with Crippen molar-refractivity contribution in [2.45, 2.75) is 19.4 Å². The molecule has 1 aromatic carbocycles. The van der Waals surface area contributed by atoms with Gasteiger partial charge in [0.15, 0.2) is 0 Å². The summed E-state index contributed by atoms with van der Waals surface area (Å²) in [5, 5.41) is 11.8. The Morgan fingerprint density at radius 1 is 1.30 bits per heavy atom. The number of nitrogens with zero attached hydrogens (tertiary/aromatic N) is 3. The van der Waals surface area contributed by atoms with Crippen molar-refractivity contribution in [1.82, 2.24) is 9.97 Å². The molecule has 2 aromatic rings. The van der Waals surface area contributed by atoms with E-state index in [1.54, 1.807) is 26.0 Å². The number of rotatable bonds is 3. The molecule has 1 heterocycles. The molecular formula is C14H12BrFN4. The molecule has 0 bridgehead atoms. The van der Waals surface area contributed by atoms with Gasteiger partial charge in [-0.2, -0.15) is 5.26 Å². The number of nitrogens with one attached hydrogen (secondary N) is 1. The number of hydrogen-bond acceptors (Lipinski definition) is 4. The Bertz CT molecular complexity index is 662. The van der Waals surface area contributed by atoms with Gasteiger partial charge in [0, 0.05) is 28.0 Å². The predicted molar refractivity (Wildman–Crippen MR) is 78.4 cm³/mol. The lowest BCUT2D eigenvalue weighted by molar-refractivity contribution is 0.631. The third kappa shape index (κ3) is 3.31. The van der Waals surface area contributed by atoms with Gasteiger partial charge in [-0.05, 0) is 32.0 Å². The van der Waals surface area contributed by atoms with Crippen molar-refractivity contribution in [3.05, 3.63) is 40.9 Å². The van der Waals surface area contributed by atoms with Gasteiger partial charge in [0.2, 0.25) is 5.95 Å². The molecular weight excluding hydrogens is 323 g/mol. The average Bonchev–Trinajstić information content (AvgIpc) is 2.42. The number of nitriles is 1. The first kappa shape index (κ1) is 14.4. The minimum Gasteiger partial charge on any atom is -0.336 e. The summed E-state index contributed by atoms with van der Waals surface area (Å²) in [6, 6.07) is 6.77. The molecule has 1 N–H and O–H groups in total. The second-order valence-electron chi connectivity index (χ2n) is 4.78. The fourth-order valence-corrected chi connectivity index (χ4v) is 1.92. The highest BCUT2D eigenvalue weighted by Crippen LogP contribution is 2.25. The van der Waals surface area contributed by atoms with Gasteiger partial charge >= 0.3 is 0 Å². The molecule has 0 aliphatic heterocycles. The summed E-state index contributed by atoms with van der Waals surface area (Å²) in [6.07, 6.45) is 3.04. The van der Waals surface area contributed by atoms with E-state index in [0.717, 1.165) is 4.47 Å². The fourth-order valence-electron chi connectivity index (χ4n) is 1.56. The van der Waals surface area contributed by atoms with Crippen LogP contribution in [0.5, 0.6) is 0 Å². The quantitative estimate of drug-likeness (QED) is 0.928. The number of hydrogen-bond donors (Lipinski definition) is 1. The molecule has 0 saturated carbocycles. The lowest BCUT2D eigenvalue weighted by Gasteiger charge is -2.17. The Labute approximate surface area is 124 Å². The van der Waals surface area contributed by atoms with Crippen LogP contribution >= 0.6 is 15.9 Å². The maximum absolute atomic E-state index is 13.7. The third-order valence-corrected chi connectivity index (χ3v) is 3.09. The third-order valence-electron chi connectivity index (χ3n) is 2.60. The zero-order chi connectivity index (χ0) is 14.8. The normalized spacial score (nSPS) is 10.9. The molecule has 20 heavy (non-hydrogen) atoms. The van der Waals surface area contributed by atoms with Crippen molar-refractivity contribution in [3.63, 3.8) is 0 Å². The Hall–Kier alpha value is -2.00. The molecule has 2 rings (SSSR count). The van der Waals surface area contributed by atoms with E-state index in [0.29, 0.717) is 17.1 Å². The Kier molecular flexibility index (Phi) is 4.00. The minimum absolute atomic E-state index is 0.329. The van der Waals surface area contributed by atoms with Crippen molar-refractivity contribution in [1.29, 1.82) is 5.26 Å². The summed E-state index contributed by atoms with van der Waals surface area (Å²) in [4.78, 5) is 8.21. The summed E-state index contributed by atoms with van der Waals surface area (Å²) < 4.78 is 14.5. The Morgan fingerprint density at radius 2 is 1.95 bits per heavy atom. The van der Waals surface area contributed by atoms with Crippen molar-refractivity contribution in [2.24, 2.45) is 0 Å². The topological polar surface area (TPSA) is 61.6 Å². The molecule has 0 atom stereocenters. The second kappa shape index (κ2) is 5.55. The second-order valence-corrected chi connectivity index (χ2v) is 5.70. The molecule has 0 spiro atoms. The Balaban J connectivity index is 2.29. The van der Waals surface area contributed by atoms with Crippen LogP contribution < -0.4 is 5.32 Å². The van der Waals surface area contributed by atoms with Crippen LogP contribution in [0.2, 0.25) is 0 Å². The first-order valence-electron chi connectivity index (χ1n) is 5.88. The van der Waals surface area contributed by atoms with Gasteiger partial charge in [-0.3, -0.25) is 0 Å². The van der Waals surface area contributed by atoms with Gasteiger partial charge < -0.3 is 5.32 Å². The van der Waals surface area contributed by atoms with Gasteiger partial charge in [0.1, 0.15) is 11.4 Å². The molecule has 1 aromatic heterocycles. The minimum atomic E-state index is -0.761. The Morgan fingerprint density at radius 3 is 2.55 bits per heavy atom. The van der Waals surface area contributed by atoms with E-state index in [1.165, 1.54) is 18.5 Å². The zero-order valence-electron chi connectivity index (χ0n) is 11.0. The first-order valence-corrected chi connectivity index (χ1v) is 6.67. The van der Waals surface area contributed by atoms with Gasteiger partial charge in [0.05, 0.1) is 6.07 Å². The largest absolute Gasteiger partial charge is 0.336 e. The SMILES string of the molecule is CC(C)(C#N)Nc1ncc(-c2cc(Br)ccc2F)cn1. The van der Waals surface area contributed by atoms with Crippen LogP contribution in [0.1, 0.15) is 13.8 Å². The highest BCUT2D eigenvalue weighted by Gasteiger charge is 2.17. The summed E-state index contributed by atoms with van der Waals surface area (Å²) in [5.74, 6) is -0.00873. The van der Waals surface area contributed by atoms with E-state index in [2.05, 4.69) is 37.3 Å². The standard InChI is InChI=1S/C14H12BrFN4/c1-14(2,8-17)20-13-18-6-9(7-19-13)11-5-10(15)3-4-12(11)16/h3-7H,1-2H3,(H,18,19,20). The monoisotopic (exact) mass is 334 g/mol. The summed E-state index contributed by atoms with van der Waals surface area (Å²) in [7, 11) is 0. The van der Waals surface area contributed by atoms with Crippen LogP contribution in [0.3, 0.4) is 0 Å². The van der Waals surface area contributed by atoms with Crippen LogP contribution in [-0.4, -0.2) is 15.5 Å². The van der Waals surface area contributed by atoms with Crippen LogP contribution in [-0.2, 0) is 0 Å². The number of halogens is 2. The molecule has 0 aliphatic carbocycles. The van der Waals surface area contributed by atoms with Crippen LogP contribution in [0.25, 0.3) is 11.1 Å². The molecule has 0 saturated heterocycles. The maximum Gasteiger partial charge on any atom is 0.223 e. The van der Waals surface area contributed by atoms with E-state index in [1.807, 2.05) is 0 Å². The van der Waals surface area contributed by atoms with Gasteiger partial charge in [-0.15, -0.1) is 0 Å². The van der Waals surface area contributed by atoms with E-state index >= 15 is 0 Å².